The van der Waals surface area contributed by atoms with E-state index in [9.17, 15) is 0 Å². The molecule has 0 unspecified atom stereocenters. The van der Waals surface area contributed by atoms with Gasteiger partial charge in [-0.2, -0.15) is 0 Å². The van der Waals surface area contributed by atoms with Gasteiger partial charge < -0.3 is 5.73 Å². The number of halogens is 1. The molecule has 0 bridgehead atoms. The lowest BCUT2D eigenvalue weighted by molar-refractivity contribution is 0.448. The minimum atomic E-state index is 0.349. The van der Waals surface area contributed by atoms with Gasteiger partial charge in [-0.25, -0.2) is 4.68 Å². The van der Waals surface area contributed by atoms with Gasteiger partial charge in [0.05, 0.1) is 11.7 Å². The Balaban J connectivity index is 2.08. The van der Waals surface area contributed by atoms with E-state index >= 15 is 0 Å². The molecule has 0 saturated heterocycles. The van der Waals surface area contributed by atoms with E-state index < -0.39 is 0 Å². The van der Waals surface area contributed by atoms with E-state index in [4.69, 9.17) is 5.73 Å². The zero-order chi connectivity index (χ0) is 9.26. The summed E-state index contributed by atoms with van der Waals surface area (Å²) in [5.41, 5.74) is 6.82. The van der Waals surface area contributed by atoms with Crippen LogP contribution in [0, 0.1) is 0 Å². The van der Waals surface area contributed by atoms with Crippen LogP contribution in [-0.4, -0.2) is 21.0 Å². The molecule has 0 spiro atoms. The van der Waals surface area contributed by atoms with E-state index in [1.54, 1.807) is 0 Å². The molecule has 13 heavy (non-hydrogen) atoms. The first-order chi connectivity index (χ1) is 6.29. The summed E-state index contributed by atoms with van der Waals surface area (Å²) in [6.45, 7) is 0. The zero-order valence-corrected chi connectivity index (χ0v) is 8.94. The predicted molar refractivity (Wildman–Crippen MR) is 53.5 cm³/mol. The highest BCUT2D eigenvalue weighted by Gasteiger charge is 2.23. The lowest BCUT2D eigenvalue weighted by Crippen LogP contribution is -2.16. The van der Waals surface area contributed by atoms with Crippen molar-refractivity contribution >= 4 is 15.9 Å². The summed E-state index contributed by atoms with van der Waals surface area (Å²) in [7, 11) is 0. The first-order valence-corrected chi connectivity index (χ1v) is 5.64. The largest absolute Gasteiger partial charge is 0.328 e. The molecule has 72 valence electrons. The molecule has 2 rings (SSSR count). The Bertz CT molecular complexity index is 285. The van der Waals surface area contributed by atoms with Crippen LogP contribution in [0.4, 0.5) is 0 Å². The summed E-state index contributed by atoms with van der Waals surface area (Å²) < 4.78 is 1.95. The van der Waals surface area contributed by atoms with Crippen molar-refractivity contribution in [3.05, 3.63) is 11.9 Å². The summed E-state index contributed by atoms with van der Waals surface area (Å²) >= 11 is 3.35. The third kappa shape index (κ3) is 1.91. The number of nitrogens with two attached hydrogens (primary N) is 1. The fourth-order valence-electron chi connectivity index (χ4n) is 1.78. The third-order valence-corrected chi connectivity index (χ3v) is 3.09. The van der Waals surface area contributed by atoms with E-state index in [1.165, 1.54) is 0 Å². The number of aromatic nitrogens is 3. The molecule has 1 fully saturated rings. The van der Waals surface area contributed by atoms with Crippen molar-refractivity contribution in [2.24, 2.45) is 5.73 Å². The molecule has 1 aliphatic carbocycles. The Morgan fingerprint density at radius 2 is 2.46 bits per heavy atom. The van der Waals surface area contributed by atoms with Gasteiger partial charge in [0, 0.05) is 17.6 Å². The summed E-state index contributed by atoms with van der Waals surface area (Å²) in [5, 5.41) is 8.88. The Morgan fingerprint density at radius 1 is 1.62 bits per heavy atom. The van der Waals surface area contributed by atoms with Gasteiger partial charge in [-0.05, 0) is 19.3 Å². The van der Waals surface area contributed by atoms with Gasteiger partial charge in [-0.15, -0.1) is 5.10 Å². The van der Waals surface area contributed by atoms with Crippen LogP contribution in [-0.2, 0) is 5.33 Å². The molecule has 1 aliphatic rings. The molecule has 1 saturated carbocycles. The minimum absolute atomic E-state index is 0.349. The van der Waals surface area contributed by atoms with E-state index in [0.717, 1.165) is 30.3 Å². The van der Waals surface area contributed by atoms with E-state index in [2.05, 4.69) is 26.2 Å². The van der Waals surface area contributed by atoms with Crippen molar-refractivity contribution in [2.45, 2.75) is 36.7 Å². The normalized spacial score (nSPS) is 28.2. The van der Waals surface area contributed by atoms with E-state index in [1.807, 2.05) is 10.9 Å². The van der Waals surface area contributed by atoms with Crippen LogP contribution in [0.2, 0.25) is 0 Å². The summed E-state index contributed by atoms with van der Waals surface area (Å²) in [5.74, 6) is 0. The zero-order valence-electron chi connectivity index (χ0n) is 7.36. The third-order valence-electron chi connectivity index (χ3n) is 2.51. The maximum atomic E-state index is 5.83. The second kappa shape index (κ2) is 3.75. The molecular weight excluding hydrogens is 232 g/mol. The fourth-order valence-corrected chi connectivity index (χ4v) is 2.04. The second-order valence-electron chi connectivity index (χ2n) is 3.55. The average molecular weight is 245 g/mol. The predicted octanol–water partition coefficient (Wildman–Crippen LogP) is 1.23. The monoisotopic (exact) mass is 244 g/mol. The molecule has 2 atom stereocenters. The maximum absolute atomic E-state index is 5.83. The van der Waals surface area contributed by atoms with Gasteiger partial charge in [0.2, 0.25) is 0 Å². The van der Waals surface area contributed by atoms with E-state index in [0.29, 0.717) is 12.1 Å². The van der Waals surface area contributed by atoms with Gasteiger partial charge in [-0.3, -0.25) is 0 Å². The number of rotatable bonds is 2. The van der Waals surface area contributed by atoms with E-state index in [-0.39, 0.29) is 0 Å². The molecule has 0 amide bonds. The minimum Gasteiger partial charge on any atom is -0.328 e. The number of hydrogen-bond acceptors (Lipinski definition) is 3. The van der Waals surface area contributed by atoms with Gasteiger partial charge in [0.1, 0.15) is 0 Å². The van der Waals surface area contributed by atoms with Crippen LogP contribution in [0.25, 0.3) is 0 Å². The molecule has 1 aromatic rings. The Kier molecular flexibility index (Phi) is 2.64. The Hall–Kier alpha value is -0.420. The van der Waals surface area contributed by atoms with Gasteiger partial charge >= 0.3 is 0 Å². The average Bonchev–Trinajstić information content (AvgIpc) is 2.71. The standard InChI is InChI=1S/C8H13BrN4/c9-4-7-5-13(12-11-7)8-2-1-6(10)3-8/h5-6,8H,1-4,10H2/t6-,8+/m1/s1. The SMILES string of the molecule is N[C@@H]1CC[C@H](n2cc(CBr)nn2)C1. The van der Waals surface area contributed by atoms with Crippen molar-refractivity contribution in [1.82, 2.24) is 15.0 Å². The molecule has 1 aromatic heterocycles. The van der Waals surface area contributed by atoms with Crippen molar-refractivity contribution < 1.29 is 0 Å². The number of hydrogen-bond donors (Lipinski definition) is 1. The van der Waals surface area contributed by atoms with Crippen LogP contribution in [0.15, 0.2) is 6.20 Å². The van der Waals surface area contributed by atoms with Gasteiger partial charge in [-0.1, -0.05) is 21.1 Å². The number of nitrogens with zero attached hydrogens (tertiary/aromatic N) is 3. The second-order valence-corrected chi connectivity index (χ2v) is 4.11. The van der Waals surface area contributed by atoms with Crippen molar-refractivity contribution in [1.29, 1.82) is 0 Å². The van der Waals surface area contributed by atoms with Crippen LogP contribution >= 0.6 is 15.9 Å². The fraction of sp³-hybridized carbons (Fsp3) is 0.750. The molecule has 0 radical (unpaired) electrons. The van der Waals surface area contributed by atoms with Gasteiger partial charge in [0.15, 0.2) is 0 Å². The number of alkyl halides is 1. The highest BCUT2D eigenvalue weighted by atomic mass is 79.9. The van der Waals surface area contributed by atoms with Crippen molar-refractivity contribution in [2.75, 3.05) is 0 Å². The highest BCUT2D eigenvalue weighted by Crippen LogP contribution is 2.27. The highest BCUT2D eigenvalue weighted by molar-refractivity contribution is 9.08. The molecule has 1 heterocycles. The smallest absolute Gasteiger partial charge is 0.0932 e. The first kappa shape index (κ1) is 9.15. The van der Waals surface area contributed by atoms with Crippen LogP contribution in [0.3, 0.4) is 0 Å². The van der Waals surface area contributed by atoms with Crippen LogP contribution in [0.1, 0.15) is 31.0 Å². The lowest BCUT2D eigenvalue weighted by Gasteiger charge is -2.07. The molecule has 4 nitrogen and oxygen atoms in total. The topological polar surface area (TPSA) is 56.7 Å². The lowest BCUT2D eigenvalue weighted by atomic mass is 10.2. The van der Waals surface area contributed by atoms with Gasteiger partial charge in [0.25, 0.3) is 0 Å². The molecule has 5 heteroatoms. The van der Waals surface area contributed by atoms with Crippen LogP contribution in [0.5, 0.6) is 0 Å². The van der Waals surface area contributed by atoms with Crippen molar-refractivity contribution in [3.8, 4) is 0 Å². The summed E-state index contributed by atoms with van der Waals surface area (Å²) in [6, 6.07) is 0.817. The van der Waals surface area contributed by atoms with Crippen LogP contribution < -0.4 is 5.73 Å². The molecule has 0 aliphatic heterocycles. The molecular formula is C8H13BrN4. The Morgan fingerprint density at radius 3 is 3.00 bits per heavy atom. The molecule has 2 N–H and O–H groups in total. The first-order valence-electron chi connectivity index (χ1n) is 4.52. The molecule has 0 aromatic carbocycles. The summed E-state index contributed by atoms with van der Waals surface area (Å²) in [4.78, 5) is 0. The van der Waals surface area contributed by atoms with Crippen molar-refractivity contribution in [3.63, 3.8) is 0 Å². The summed E-state index contributed by atoms with van der Waals surface area (Å²) in [6.07, 6.45) is 5.27. The maximum Gasteiger partial charge on any atom is 0.0932 e. The quantitative estimate of drug-likeness (QED) is 0.797. The Labute approximate surface area is 85.6 Å².